The third-order valence-corrected chi connectivity index (χ3v) is 6.13. The van der Waals surface area contributed by atoms with Crippen LogP contribution in [0.4, 0.5) is 11.4 Å². The third-order valence-electron chi connectivity index (χ3n) is 5.14. The Morgan fingerprint density at radius 3 is 2.38 bits per heavy atom. The lowest BCUT2D eigenvalue weighted by atomic mass is 10.1. The molecule has 9 heteroatoms. The van der Waals surface area contributed by atoms with Gasteiger partial charge in [-0.25, -0.2) is 4.99 Å². The molecule has 32 heavy (non-hydrogen) atoms. The lowest BCUT2D eigenvalue weighted by Gasteiger charge is -2.22. The maximum Gasteiger partial charge on any atom is 0.280 e. The molecule has 0 spiro atoms. The Hall–Kier alpha value is -3.33. The molecule has 1 heterocycles. The van der Waals surface area contributed by atoms with Crippen molar-refractivity contribution in [3.05, 3.63) is 62.5 Å². The molecule has 1 aliphatic heterocycles. The van der Waals surface area contributed by atoms with E-state index >= 15 is 0 Å². The second-order valence-electron chi connectivity index (χ2n) is 7.30. The maximum atomic E-state index is 13.3. The number of amides is 1. The Balaban J connectivity index is 2.09. The van der Waals surface area contributed by atoms with Crippen molar-refractivity contribution in [2.24, 2.45) is 4.99 Å². The van der Waals surface area contributed by atoms with E-state index in [4.69, 9.17) is 9.47 Å². The van der Waals surface area contributed by atoms with Crippen LogP contribution in [0.1, 0.15) is 31.4 Å². The number of aliphatic imine (C=N–C) groups is 1. The molecule has 0 aliphatic carbocycles. The van der Waals surface area contributed by atoms with Gasteiger partial charge in [-0.2, -0.15) is 0 Å². The molecule has 0 aromatic heterocycles. The highest BCUT2D eigenvalue weighted by Crippen LogP contribution is 2.40. The number of carbonyl (C=O) groups is 1. The summed E-state index contributed by atoms with van der Waals surface area (Å²) in [5.41, 5.74) is 1.92. The second-order valence-corrected chi connectivity index (χ2v) is 8.31. The first-order valence-electron chi connectivity index (χ1n) is 10.1. The van der Waals surface area contributed by atoms with Gasteiger partial charge in [0.05, 0.1) is 41.4 Å². The molecule has 2 aromatic rings. The summed E-state index contributed by atoms with van der Waals surface area (Å²) in [6, 6.07) is 10.4. The quantitative estimate of drug-likeness (QED) is 0.318. The van der Waals surface area contributed by atoms with Gasteiger partial charge in [-0.15, -0.1) is 0 Å². The first-order valence-corrected chi connectivity index (χ1v) is 10.9. The number of amidine groups is 1. The highest BCUT2D eigenvalue weighted by molar-refractivity contribution is 8.18. The van der Waals surface area contributed by atoms with Crippen molar-refractivity contribution < 1.29 is 19.2 Å². The molecular weight excluding hydrogens is 430 g/mol. The monoisotopic (exact) mass is 455 g/mol. The van der Waals surface area contributed by atoms with Gasteiger partial charge in [-0.1, -0.05) is 24.6 Å². The van der Waals surface area contributed by atoms with E-state index in [1.807, 2.05) is 45.0 Å². The largest absolute Gasteiger partial charge is 0.493 e. The topological polar surface area (TPSA) is 94.3 Å². The van der Waals surface area contributed by atoms with Crippen LogP contribution in [0.5, 0.6) is 11.5 Å². The van der Waals surface area contributed by atoms with Gasteiger partial charge < -0.3 is 9.47 Å². The van der Waals surface area contributed by atoms with Crippen molar-refractivity contribution in [3.63, 3.8) is 0 Å². The molecule has 1 saturated heterocycles. The molecule has 0 N–H and O–H groups in total. The van der Waals surface area contributed by atoms with Crippen LogP contribution >= 0.6 is 11.8 Å². The number of hydrogen-bond donors (Lipinski definition) is 0. The Kier molecular flexibility index (Phi) is 7.19. The predicted octanol–water partition coefficient (Wildman–Crippen LogP) is 5.32. The molecule has 8 nitrogen and oxygen atoms in total. The third kappa shape index (κ3) is 4.77. The van der Waals surface area contributed by atoms with Gasteiger partial charge in [0.15, 0.2) is 16.7 Å². The summed E-state index contributed by atoms with van der Waals surface area (Å²) < 4.78 is 10.5. The van der Waals surface area contributed by atoms with Crippen LogP contribution < -0.4 is 9.47 Å². The average Bonchev–Trinajstić information content (AvgIpc) is 3.08. The summed E-state index contributed by atoms with van der Waals surface area (Å²) in [6.45, 7) is 5.94. The van der Waals surface area contributed by atoms with E-state index in [0.29, 0.717) is 15.8 Å². The van der Waals surface area contributed by atoms with Gasteiger partial charge in [-0.3, -0.25) is 19.8 Å². The second kappa shape index (κ2) is 9.86. The zero-order valence-corrected chi connectivity index (χ0v) is 19.4. The number of thioether (sulfide) groups is 1. The molecule has 0 saturated carbocycles. The van der Waals surface area contributed by atoms with Crippen molar-refractivity contribution in [3.8, 4) is 11.5 Å². The smallest absolute Gasteiger partial charge is 0.280 e. The lowest BCUT2D eigenvalue weighted by molar-refractivity contribution is -0.385. The molecule has 0 radical (unpaired) electrons. The summed E-state index contributed by atoms with van der Waals surface area (Å²) in [6.07, 6.45) is 2.25. The number of methoxy groups -OCH3 is 2. The fraction of sp³-hybridized carbons (Fsp3) is 0.304. The van der Waals surface area contributed by atoms with E-state index in [1.54, 1.807) is 4.90 Å². The van der Waals surface area contributed by atoms with Crippen molar-refractivity contribution in [1.29, 1.82) is 0 Å². The molecule has 2 aromatic carbocycles. The number of ether oxygens (including phenoxy) is 2. The minimum Gasteiger partial charge on any atom is -0.493 e. The number of rotatable bonds is 7. The Bertz CT molecular complexity index is 1100. The standard InChI is InChI=1S/C23H25N3O5S/c1-6-15(3)25-22(27)21(32-23(25)24-17-9-7-14(2)8-10-17)12-16-11-19(30-4)20(31-5)13-18(16)26(28)29/h7-13,15H,6H2,1-5H3/b21-12+,24-23?/t15-/m1/s1. The van der Waals surface area contributed by atoms with E-state index in [9.17, 15) is 14.9 Å². The maximum absolute atomic E-state index is 13.3. The van der Waals surface area contributed by atoms with E-state index in [0.717, 1.165) is 17.7 Å². The number of nitro benzene ring substituents is 1. The van der Waals surface area contributed by atoms with E-state index in [1.165, 1.54) is 44.2 Å². The highest BCUT2D eigenvalue weighted by Gasteiger charge is 2.36. The molecule has 168 valence electrons. The molecule has 0 unspecified atom stereocenters. The Morgan fingerprint density at radius 1 is 1.19 bits per heavy atom. The van der Waals surface area contributed by atoms with Gasteiger partial charge in [0.1, 0.15) is 0 Å². The minimum absolute atomic E-state index is 0.0783. The highest BCUT2D eigenvalue weighted by atomic mass is 32.2. The van der Waals surface area contributed by atoms with Gasteiger partial charge in [0.25, 0.3) is 11.6 Å². The zero-order chi connectivity index (χ0) is 23.4. The number of nitrogens with zero attached hydrogens (tertiary/aromatic N) is 3. The number of nitro groups is 1. The van der Waals surface area contributed by atoms with Crippen LogP contribution in [0.2, 0.25) is 0 Å². The summed E-state index contributed by atoms with van der Waals surface area (Å²) in [5.74, 6) is 0.349. The first kappa shape index (κ1) is 23.3. The van der Waals surface area contributed by atoms with Crippen molar-refractivity contribution in [1.82, 2.24) is 4.90 Å². The fourth-order valence-corrected chi connectivity index (χ4v) is 4.25. The minimum atomic E-state index is -0.508. The normalized spacial score (nSPS) is 17.2. The van der Waals surface area contributed by atoms with Gasteiger partial charge in [-0.05, 0) is 56.3 Å². The number of carbonyl (C=O) groups excluding carboxylic acids is 1. The molecule has 1 amide bonds. The molecule has 0 bridgehead atoms. The van der Waals surface area contributed by atoms with Crippen LogP contribution in [-0.4, -0.2) is 41.2 Å². The van der Waals surface area contributed by atoms with Crippen LogP contribution in [0.3, 0.4) is 0 Å². The van der Waals surface area contributed by atoms with E-state index in [-0.39, 0.29) is 28.9 Å². The summed E-state index contributed by atoms with van der Waals surface area (Å²) >= 11 is 1.20. The van der Waals surface area contributed by atoms with Crippen molar-refractivity contribution >= 4 is 40.3 Å². The molecule has 1 atom stereocenters. The van der Waals surface area contributed by atoms with Crippen LogP contribution in [0.25, 0.3) is 6.08 Å². The zero-order valence-electron chi connectivity index (χ0n) is 18.6. The summed E-state index contributed by atoms with van der Waals surface area (Å²) in [5, 5.41) is 12.2. The van der Waals surface area contributed by atoms with Gasteiger partial charge in [0.2, 0.25) is 0 Å². The van der Waals surface area contributed by atoms with Crippen molar-refractivity contribution in [2.45, 2.75) is 33.2 Å². The summed E-state index contributed by atoms with van der Waals surface area (Å²) in [7, 11) is 2.86. The Morgan fingerprint density at radius 2 is 1.81 bits per heavy atom. The van der Waals surface area contributed by atoms with Gasteiger partial charge in [0, 0.05) is 6.04 Å². The lowest BCUT2D eigenvalue weighted by Crippen LogP contribution is -2.36. The Labute approximate surface area is 191 Å². The molecular formula is C23H25N3O5S. The van der Waals surface area contributed by atoms with E-state index < -0.39 is 4.92 Å². The van der Waals surface area contributed by atoms with Crippen LogP contribution in [0.15, 0.2) is 46.3 Å². The predicted molar refractivity (Wildman–Crippen MR) is 127 cm³/mol. The molecule has 1 aliphatic rings. The first-order chi connectivity index (χ1) is 15.3. The van der Waals surface area contributed by atoms with E-state index in [2.05, 4.69) is 4.99 Å². The number of hydrogen-bond acceptors (Lipinski definition) is 7. The fourth-order valence-electron chi connectivity index (χ4n) is 3.16. The van der Waals surface area contributed by atoms with Crippen LogP contribution in [-0.2, 0) is 4.79 Å². The number of aryl methyl sites for hydroxylation is 1. The molecule has 3 rings (SSSR count). The van der Waals surface area contributed by atoms with Gasteiger partial charge >= 0.3 is 0 Å². The van der Waals surface area contributed by atoms with Crippen molar-refractivity contribution in [2.75, 3.05) is 14.2 Å². The molecule has 1 fully saturated rings. The number of benzene rings is 2. The summed E-state index contributed by atoms with van der Waals surface area (Å²) in [4.78, 5) is 31.1. The SMILES string of the molecule is CC[C@@H](C)N1C(=O)/C(=C\c2cc(OC)c(OC)cc2[N+](=O)[O-])SC1=Nc1ccc(C)cc1. The van der Waals surface area contributed by atoms with Crippen LogP contribution in [0, 0.1) is 17.0 Å². The average molecular weight is 456 g/mol.